The molecule has 1 saturated heterocycles. The molecule has 0 aliphatic carbocycles. The van der Waals surface area contributed by atoms with Crippen LogP contribution in [-0.4, -0.2) is 42.9 Å². The lowest BCUT2D eigenvalue weighted by Gasteiger charge is -2.32. The molecule has 4 N–H and O–H groups in total. The number of benzene rings is 1. The van der Waals surface area contributed by atoms with Crippen molar-refractivity contribution in [3.05, 3.63) is 29.0 Å². The number of hydrogen-bond acceptors (Lipinski definition) is 3. The van der Waals surface area contributed by atoms with Gasteiger partial charge in [-0.25, -0.2) is 4.39 Å². The van der Waals surface area contributed by atoms with E-state index in [2.05, 4.69) is 16.2 Å². The Hall–Kier alpha value is -1.48. The minimum absolute atomic E-state index is 0.00576. The van der Waals surface area contributed by atoms with Crippen LogP contribution in [0, 0.1) is 5.82 Å². The van der Waals surface area contributed by atoms with E-state index in [9.17, 15) is 9.18 Å². The zero-order valence-corrected chi connectivity index (χ0v) is 15.8. The van der Waals surface area contributed by atoms with Crippen LogP contribution in [0.2, 0.25) is 5.02 Å². The smallest absolute Gasteiger partial charge is 0.244 e. The second-order valence-electron chi connectivity index (χ2n) is 6.17. The summed E-state index contributed by atoms with van der Waals surface area (Å²) >= 11 is 10.8. The molecule has 0 bridgehead atoms. The summed E-state index contributed by atoms with van der Waals surface area (Å²) in [6, 6.07) is 4.15. The van der Waals surface area contributed by atoms with Crippen LogP contribution in [0.15, 0.2) is 18.2 Å². The van der Waals surface area contributed by atoms with Crippen molar-refractivity contribution < 1.29 is 18.8 Å². The summed E-state index contributed by atoms with van der Waals surface area (Å²) in [5.41, 5.74) is 5.69. The van der Waals surface area contributed by atoms with Crippen LogP contribution >= 0.6 is 23.8 Å². The van der Waals surface area contributed by atoms with Crippen LogP contribution in [0.25, 0.3) is 0 Å². The number of morpholine rings is 1. The third kappa shape index (κ3) is 6.74. The van der Waals surface area contributed by atoms with E-state index >= 15 is 0 Å². The van der Waals surface area contributed by atoms with Gasteiger partial charge in [-0.3, -0.25) is 15.6 Å². The van der Waals surface area contributed by atoms with Gasteiger partial charge in [0.2, 0.25) is 5.91 Å². The lowest BCUT2D eigenvalue weighted by molar-refractivity contribution is -0.914. The zero-order valence-electron chi connectivity index (χ0n) is 14.2. The molecule has 0 spiro atoms. The predicted molar refractivity (Wildman–Crippen MR) is 99.1 cm³/mol. The lowest BCUT2D eigenvalue weighted by Crippen LogP contribution is -3.15. The highest BCUT2D eigenvalue weighted by atomic mass is 35.5. The van der Waals surface area contributed by atoms with Crippen molar-refractivity contribution in [2.75, 3.05) is 25.0 Å². The van der Waals surface area contributed by atoms with Crippen molar-refractivity contribution in [1.29, 1.82) is 0 Å². The zero-order chi connectivity index (χ0) is 18.4. The molecule has 1 aromatic rings. The standard InChI is InChI=1S/C16H22ClFN4O2S/c1-10-8-22(9-11(2)24-10)6-5-15(23)20-21-16(25)19-12-3-4-14(18)13(17)7-12/h3-4,7,10-11H,5-6,8-9H2,1-2H3,(H,20,23)(H2,19,21,25)/p+1/t10-,11-/m0/s1. The molecule has 0 aromatic heterocycles. The van der Waals surface area contributed by atoms with Gasteiger partial charge in [0.25, 0.3) is 0 Å². The Bertz CT molecular complexity index is 624. The third-order valence-corrected chi connectivity index (χ3v) is 4.31. The quantitative estimate of drug-likeness (QED) is 0.455. The van der Waals surface area contributed by atoms with E-state index in [0.29, 0.717) is 12.1 Å². The number of quaternary nitrogens is 1. The molecule has 0 unspecified atom stereocenters. The average Bonchev–Trinajstić information content (AvgIpc) is 2.53. The van der Waals surface area contributed by atoms with Gasteiger partial charge in [-0.05, 0) is 44.3 Å². The van der Waals surface area contributed by atoms with Crippen LogP contribution < -0.4 is 21.1 Å². The predicted octanol–water partition coefficient (Wildman–Crippen LogP) is 0.879. The lowest BCUT2D eigenvalue weighted by atomic mass is 10.2. The number of hydrogen-bond donors (Lipinski definition) is 4. The second-order valence-corrected chi connectivity index (χ2v) is 6.99. The summed E-state index contributed by atoms with van der Waals surface area (Å²) in [6.07, 6.45) is 0.797. The fourth-order valence-corrected chi connectivity index (χ4v) is 3.16. The number of ether oxygens (including phenoxy) is 1. The molecule has 6 nitrogen and oxygen atoms in total. The molecule has 0 radical (unpaired) electrons. The Kier molecular flexibility index (Phi) is 7.37. The summed E-state index contributed by atoms with van der Waals surface area (Å²) < 4.78 is 18.8. The van der Waals surface area contributed by atoms with Gasteiger partial charge in [0.05, 0.1) is 18.0 Å². The highest BCUT2D eigenvalue weighted by Crippen LogP contribution is 2.19. The number of thiocarbonyl (C=S) groups is 1. The van der Waals surface area contributed by atoms with Gasteiger partial charge < -0.3 is 15.0 Å². The SMILES string of the molecule is C[C@H]1C[NH+](CCC(=O)NNC(=S)Nc2ccc(F)c(Cl)c2)C[C@H](C)O1. The van der Waals surface area contributed by atoms with Crippen molar-refractivity contribution in [3.63, 3.8) is 0 Å². The number of halogens is 2. The maximum atomic E-state index is 13.1. The molecule has 9 heteroatoms. The Labute approximate surface area is 157 Å². The van der Waals surface area contributed by atoms with Gasteiger partial charge >= 0.3 is 0 Å². The Morgan fingerprint density at radius 2 is 2.04 bits per heavy atom. The van der Waals surface area contributed by atoms with Crippen molar-refractivity contribution in [3.8, 4) is 0 Å². The summed E-state index contributed by atoms with van der Waals surface area (Å²) in [7, 11) is 0. The first-order valence-corrected chi connectivity index (χ1v) is 8.92. The summed E-state index contributed by atoms with van der Waals surface area (Å²) in [4.78, 5) is 13.3. The maximum Gasteiger partial charge on any atom is 0.244 e. The highest BCUT2D eigenvalue weighted by molar-refractivity contribution is 7.80. The van der Waals surface area contributed by atoms with Gasteiger partial charge in [0.15, 0.2) is 5.11 Å². The van der Waals surface area contributed by atoms with E-state index in [1.54, 1.807) is 0 Å². The molecule has 0 saturated carbocycles. The molecule has 1 aromatic carbocycles. The van der Waals surface area contributed by atoms with Crippen molar-refractivity contribution in [2.24, 2.45) is 0 Å². The van der Waals surface area contributed by atoms with Crippen molar-refractivity contribution in [2.45, 2.75) is 32.5 Å². The number of carbonyl (C=O) groups is 1. The largest absolute Gasteiger partial charge is 0.364 e. The third-order valence-electron chi connectivity index (χ3n) is 3.82. The fraction of sp³-hybridized carbons (Fsp3) is 0.500. The molecule has 1 fully saturated rings. The van der Waals surface area contributed by atoms with E-state index < -0.39 is 5.82 Å². The molecular weight excluding hydrogens is 367 g/mol. The molecule has 1 amide bonds. The highest BCUT2D eigenvalue weighted by Gasteiger charge is 2.25. The van der Waals surface area contributed by atoms with E-state index in [4.69, 9.17) is 28.6 Å². The van der Waals surface area contributed by atoms with Crippen LogP contribution in [0.5, 0.6) is 0 Å². The molecule has 25 heavy (non-hydrogen) atoms. The minimum atomic E-state index is -0.506. The number of amides is 1. The van der Waals surface area contributed by atoms with Crippen LogP contribution in [-0.2, 0) is 9.53 Å². The van der Waals surface area contributed by atoms with E-state index in [-0.39, 0.29) is 28.3 Å². The maximum absolute atomic E-state index is 13.1. The molecule has 1 aliphatic rings. The van der Waals surface area contributed by atoms with Crippen LogP contribution in [0.3, 0.4) is 0 Å². The Balaban J connectivity index is 1.68. The average molecular weight is 390 g/mol. The number of nitrogens with one attached hydrogen (secondary N) is 4. The molecule has 1 heterocycles. The van der Waals surface area contributed by atoms with Crippen molar-refractivity contribution >= 4 is 40.5 Å². The normalized spacial score (nSPS) is 23.0. The first-order valence-electron chi connectivity index (χ1n) is 8.13. The van der Waals surface area contributed by atoms with Gasteiger partial charge in [-0.1, -0.05) is 11.6 Å². The first kappa shape index (κ1) is 19.8. The number of anilines is 1. The first-order chi connectivity index (χ1) is 11.8. The van der Waals surface area contributed by atoms with Crippen molar-refractivity contribution in [1.82, 2.24) is 10.9 Å². The van der Waals surface area contributed by atoms with Gasteiger partial charge in [-0.2, -0.15) is 0 Å². The van der Waals surface area contributed by atoms with Gasteiger partial charge in [-0.15, -0.1) is 0 Å². The van der Waals surface area contributed by atoms with E-state index in [1.165, 1.54) is 23.1 Å². The molecule has 2 rings (SSSR count). The van der Waals surface area contributed by atoms with Gasteiger partial charge in [0, 0.05) is 5.69 Å². The second kappa shape index (κ2) is 9.28. The summed E-state index contributed by atoms with van der Waals surface area (Å²) in [5, 5.41) is 3.00. The van der Waals surface area contributed by atoms with E-state index in [0.717, 1.165) is 19.6 Å². The molecular formula is C16H23ClFN4O2S+. The van der Waals surface area contributed by atoms with E-state index in [1.807, 2.05) is 13.8 Å². The summed E-state index contributed by atoms with van der Waals surface area (Å²) in [6.45, 7) is 6.62. The summed E-state index contributed by atoms with van der Waals surface area (Å²) in [5.74, 6) is -0.658. The number of rotatable bonds is 4. The Morgan fingerprint density at radius 3 is 2.68 bits per heavy atom. The molecule has 138 valence electrons. The minimum Gasteiger partial charge on any atom is -0.364 e. The monoisotopic (exact) mass is 389 g/mol. The number of carbonyl (C=O) groups excluding carboxylic acids is 1. The fourth-order valence-electron chi connectivity index (χ4n) is 2.81. The van der Waals surface area contributed by atoms with Crippen LogP contribution in [0.4, 0.5) is 10.1 Å². The number of hydrazine groups is 1. The Morgan fingerprint density at radius 1 is 1.36 bits per heavy atom. The topological polar surface area (TPSA) is 66.8 Å². The molecule has 1 aliphatic heterocycles. The van der Waals surface area contributed by atoms with Crippen LogP contribution in [0.1, 0.15) is 20.3 Å². The molecule has 2 atom stereocenters. The van der Waals surface area contributed by atoms with Gasteiger partial charge in [0.1, 0.15) is 31.1 Å².